The van der Waals surface area contributed by atoms with Crippen molar-refractivity contribution in [2.24, 2.45) is 0 Å². The second-order valence-corrected chi connectivity index (χ2v) is 16.6. The Kier molecular flexibility index (Phi) is 15.3. The fraction of sp³-hybridized carbons (Fsp3) is 0.447. The number of rotatable bonds is 15. The second-order valence-electron chi connectivity index (χ2n) is 13.9. The van der Waals surface area contributed by atoms with Crippen molar-refractivity contribution in [2.75, 3.05) is 29.5 Å². The van der Waals surface area contributed by atoms with E-state index in [4.69, 9.17) is 11.6 Å². The van der Waals surface area contributed by atoms with Gasteiger partial charge in [0.15, 0.2) is 5.71 Å². The third-order valence-corrected chi connectivity index (χ3v) is 11.8. The largest absolute Gasteiger partial charge is 1.00 e. The van der Waals surface area contributed by atoms with E-state index in [0.29, 0.717) is 25.1 Å². The normalized spacial score (nSPS) is 19.9. The molecule has 0 bridgehead atoms. The van der Waals surface area contributed by atoms with Crippen LogP contribution >= 0.6 is 23.6 Å². The molecule has 0 fully saturated rings. The number of allylic oxidation sites excluding steroid dienone is 8. The Labute approximate surface area is 349 Å². The fourth-order valence-corrected chi connectivity index (χ4v) is 8.67. The molecule has 2 aromatic rings. The van der Waals surface area contributed by atoms with Gasteiger partial charge in [-0.2, -0.15) is 8.91 Å². The molecular formula is C38H46ClKN2O6S2. The third-order valence-electron chi connectivity index (χ3n) is 9.90. The van der Waals surface area contributed by atoms with Crippen LogP contribution in [0.15, 0.2) is 94.7 Å². The predicted molar refractivity (Wildman–Crippen MR) is 196 cm³/mol. The van der Waals surface area contributed by atoms with E-state index in [0.717, 1.165) is 78.3 Å². The molecule has 0 aromatic heterocycles. The Morgan fingerprint density at radius 3 is 2.40 bits per heavy atom. The predicted octanol–water partition coefficient (Wildman–Crippen LogP) is 4.89. The standard InChI is InChI=1S/C38H47ClN2O6S2.K/c1-37(2)30-16-5-7-18-32(30)40(24-9-11-26-48-47-46-42)34(37)22-20-28-14-13-15-29(36(28)39)21-23-35-38(3,4)31-17-6-8-19-33(31)41(35)25-10-12-27-49(43,44)45;/h5-8,16-23H,9-15,24-27H2,1-4H3,(H-,42,43,44,45);/q;+1/p-1. The molecule has 264 valence electrons. The maximum absolute atomic E-state index is 11.2. The third kappa shape index (κ3) is 9.72. The average molecular weight is 765 g/mol. The van der Waals surface area contributed by atoms with Crippen molar-refractivity contribution in [3.05, 3.63) is 106 Å². The van der Waals surface area contributed by atoms with Gasteiger partial charge in [0.2, 0.25) is 5.69 Å². The molecule has 0 unspecified atom stereocenters. The van der Waals surface area contributed by atoms with Crippen molar-refractivity contribution in [3.8, 4) is 0 Å². The van der Waals surface area contributed by atoms with Gasteiger partial charge in [-0.15, -0.1) is 0 Å². The summed E-state index contributed by atoms with van der Waals surface area (Å²) in [4.78, 5) is 2.40. The molecule has 0 saturated heterocycles. The molecule has 0 N–H and O–H groups in total. The number of halogens is 1. The first-order valence-corrected chi connectivity index (χ1v) is 19.8. The summed E-state index contributed by atoms with van der Waals surface area (Å²) in [7, 11) is -4.23. The van der Waals surface area contributed by atoms with Crippen molar-refractivity contribution >= 4 is 50.8 Å². The fourth-order valence-electron chi connectivity index (χ4n) is 7.36. The van der Waals surface area contributed by atoms with Gasteiger partial charge in [0.25, 0.3) is 0 Å². The quantitative estimate of drug-likeness (QED) is 0.0481. The molecule has 50 heavy (non-hydrogen) atoms. The van der Waals surface area contributed by atoms with E-state index in [-0.39, 0.29) is 68.0 Å². The summed E-state index contributed by atoms with van der Waals surface area (Å²) in [6, 6.07) is 16.9. The van der Waals surface area contributed by atoms with E-state index < -0.39 is 10.1 Å². The molecule has 0 saturated carbocycles. The Balaban J connectivity index is 0.00000562. The first-order chi connectivity index (χ1) is 23.4. The second kappa shape index (κ2) is 18.3. The van der Waals surface area contributed by atoms with Crippen LogP contribution in [-0.2, 0) is 30.3 Å². The average Bonchev–Trinajstić information content (AvgIpc) is 3.41. The summed E-state index contributed by atoms with van der Waals surface area (Å²) >= 11 is 8.19. The van der Waals surface area contributed by atoms with E-state index in [1.54, 1.807) is 0 Å². The van der Waals surface area contributed by atoms with Crippen molar-refractivity contribution in [2.45, 2.75) is 83.5 Å². The molecule has 8 nitrogen and oxygen atoms in total. The number of anilines is 1. The summed E-state index contributed by atoms with van der Waals surface area (Å²) in [5.41, 5.74) is 8.96. The van der Waals surface area contributed by atoms with Crippen LogP contribution in [0, 0.1) is 0 Å². The molecule has 0 radical (unpaired) electrons. The molecule has 2 aromatic carbocycles. The molecule has 2 aliphatic heterocycles. The van der Waals surface area contributed by atoms with Gasteiger partial charge in [-0.1, -0.05) is 74.0 Å². The number of fused-ring (bicyclic) bond motifs is 2. The molecule has 5 rings (SSSR count). The van der Waals surface area contributed by atoms with Crippen LogP contribution in [0.5, 0.6) is 0 Å². The summed E-state index contributed by atoms with van der Waals surface area (Å²) in [5.74, 6) is 0.326. The van der Waals surface area contributed by atoms with E-state index in [1.807, 2.05) is 12.1 Å². The molecule has 3 aliphatic rings. The van der Waals surface area contributed by atoms with Crippen LogP contribution in [0.3, 0.4) is 0 Å². The van der Waals surface area contributed by atoms with Crippen molar-refractivity contribution in [1.82, 2.24) is 0 Å². The Hall–Kier alpha value is -1.06. The minimum atomic E-state index is -4.23. The van der Waals surface area contributed by atoms with Crippen LogP contribution in [0.1, 0.15) is 83.8 Å². The van der Waals surface area contributed by atoms with Gasteiger partial charge in [-0.05, 0) is 81.2 Å². The van der Waals surface area contributed by atoms with Crippen LogP contribution in [0.25, 0.3) is 0 Å². The maximum atomic E-state index is 11.2. The van der Waals surface area contributed by atoms with E-state index in [1.165, 1.54) is 22.5 Å². The van der Waals surface area contributed by atoms with Crippen LogP contribution in [0.2, 0.25) is 0 Å². The Morgan fingerprint density at radius 1 is 0.940 bits per heavy atom. The van der Waals surface area contributed by atoms with Gasteiger partial charge < -0.3 is 14.7 Å². The molecule has 0 atom stereocenters. The summed E-state index contributed by atoms with van der Waals surface area (Å²) in [6.07, 6.45) is 14.3. The molecule has 0 amide bonds. The molecular weight excluding hydrogens is 719 g/mol. The van der Waals surface area contributed by atoms with E-state index >= 15 is 0 Å². The van der Waals surface area contributed by atoms with E-state index in [9.17, 15) is 18.2 Å². The van der Waals surface area contributed by atoms with Crippen molar-refractivity contribution in [3.63, 3.8) is 0 Å². The van der Waals surface area contributed by atoms with Crippen molar-refractivity contribution in [1.29, 1.82) is 0 Å². The monoisotopic (exact) mass is 764 g/mol. The van der Waals surface area contributed by atoms with Crippen LogP contribution < -0.4 is 61.5 Å². The first-order valence-electron chi connectivity index (χ1n) is 17.0. The van der Waals surface area contributed by atoms with Gasteiger partial charge in [0, 0.05) is 76.1 Å². The topological polar surface area (TPSA) is 105 Å². The summed E-state index contributed by atoms with van der Waals surface area (Å²) in [6.45, 7) is 10.4. The number of hydrogen-bond acceptors (Lipinski definition) is 8. The van der Waals surface area contributed by atoms with Gasteiger partial charge in [0.1, 0.15) is 6.54 Å². The number of hydrogen-bond donors (Lipinski definition) is 0. The van der Waals surface area contributed by atoms with Crippen LogP contribution in [0.4, 0.5) is 11.4 Å². The molecule has 12 heteroatoms. The minimum Gasteiger partial charge on any atom is -0.748 e. The smallest absolute Gasteiger partial charge is 0.748 e. The molecule has 0 spiro atoms. The maximum Gasteiger partial charge on any atom is 1.00 e. The van der Waals surface area contributed by atoms with E-state index in [2.05, 4.69) is 107 Å². The number of para-hydroxylation sites is 2. The first kappa shape index (κ1) is 41.7. The van der Waals surface area contributed by atoms with Gasteiger partial charge in [-0.25, -0.2) is 8.42 Å². The summed E-state index contributed by atoms with van der Waals surface area (Å²) in [5, 5.41) is 14.4. The number of unbranched alkanes of at least 4 members (excludes halogenated alkanes) is 2. The minimum absolute atomic E-state index is 0. The van der Waals surface area contributed by atoms with Crippen LogP contribution in [-0.4, -0.2) is 47.9 Å². The zero-order valence-electron chi connectivity index (χ0n) is 29.7. The van der Waals surface area contributed by atoms with Crippen molar-refractivity contribution < 1.29 is 83.6 Å². The number of nitrogens with zero attached hydrogens (tertiary/aromatic N) is 2. The number of benzene rings is 2. The Morgan fingerprint density at radius 2 is 1.66 bits per heavy atom. The van der Waals surface area contributed by atoms with Gasteiger partial charge in [-0.3, -0.25) is 5.04 Å². The molecule has 2 heterocycles. The van der Waals surface area contributed by atoms with Gasteiger partial charge in [0.05, 0.1) is 15.5 Å². The zero-order chi connectivity index (χ0) is 35.2. The Bertz CT molecular complexity index is 1800. The zero-order valence-corrected chi connectivity index (χ0v) is 35.3. The van der Waals surface area contributed by atoms with Gasteiger partial charge >= 0.3 is 51.4 Å². The molecule has 1 aliphatic carbocycles. The summed E-state index contributed by atoms with van der Waals surface area (Å²) < 4.78 is 40.3. The SMILES string of the molecule is CC1(C)C(=C/C=C2\CCCC(C=CC3=[N+](CCCCS(=O)(=O)[O-])c4ccccc4C3(C)C)=C2Cl)N(CCCCSOO[O-])c2ccccc21.[K+].